The fourth-order valence-corrected chi connectivity index (χ4v) is 2.82. The van der Waals surface area contributed by atoms with E-state index in [1.54, 1.807) is 24.3 Å². The maximum Gasteiger partial charge on any atom is 0.494 e. The molecule has 1 saturated heterocycles. The summed E-state index contributed by atoms with van der Waals surface area (Å²) >= 11 is 0. The molecule has 1 heterocycles. The second-order valence-corrected chi connectivity index (χ2v) is 8.04. The van der Waals surface area contributed by atoms with Crippen molar-refractivity contribution in [2.24, 2.45) is 0 Å². The first-order chi connectivity index (χ1) is 13.5. The number of urea groups is 1. The molecule has 1 aliphatic rings. The van der Waals surface area contributed by atoms with Gasteiger partial charge >= 0.3 is 13.1 Å². The van der Waals surface area contributed by atoms with Crippen LogP contribution >= 0.6 is 0 Å². The van der Waals surface area contributed by atoms with Gasteiger partial charge in [-0.2, -0.15) is 0 Å². The predicted molar refractivity (Wildman–Crippen MR) is 111 cm³/mol. The maximum absolute atomic E-state index is 14.0. The van der Waals surface area contributed by atoms with Gasteiger partial charge in [-0.1, -0.05) is 12.1 Å². The van der Waals surface area contributed by atoms with E-state index >= 15 is 0 Å². The van der Waals surface area contributed by atoms with Gasteiger partial charge in [0.05, 0.1) is 16.9 Å². The summed E-state index contributed by atoms with van der Waals surface area (Å²) in [4.78, 5) is 23.4. The van der Waals surface area contributed by atoms with Gasteiger partial charge in [-0.05, 0) is 70.4 Å². The Labute approximate surface area is 169 Å². The Morgan fingerprint density at radius 3 is 2.03 bits per heavy atom. The van der Waals surface area contributed by atoms with Crippen molar-refractivity contribution in [1.82, 2.24) is 0 Å². The standard InChI is InChI=1S/C21H24BFN2O4/c1-13(26)14-6-11-18(17(23)12-14)25-19(27)24-16-9-7-15(8-10-16)22-28-20(2,3)21(4,5)29-22/h6-12H,1-5H3,(H2,24,25,27). The molecule has 2 aromatic carbocycles. The molecule has 1 fully saturated rings. The summed E-state index contributed by atoms with van der Waals surface area (Å²) in [5.74, 6) is -0.925. The molecule has 2 N–H and O–H groups in total. The number of rotatable bonds is 4. The van der Waals surface area contributed by atoms with Crippen LogP contribution in [0.5, 0.6) is 0 Å². The van der Waals surface area contributed by atoms with Crippen LogP contribution in [0.3, 0.4) is 0 Å². The van der Waals surface area contributed by atoms with Crippen molar-refractivity contribution in [2.45, 2.75) is 45.8 Å². The van der Waals surface area contributed by atoms with E-state index in [1.165, 1.54) is 19.1 Å². The molecule has 0 radical (unpaired) electrons. The second kappa shape index (κ2) is 7.61. The molecule has 152 valence electrons. The Bertz CT molecular complexity index is 928. The highest BCUT2D eigenvalue weighted by atomic mass is 19.1. The molecule has 2 aromatic rings. The lowest BCUT2D eigenvalue weighted by Gasteiger charge is -2.32. The van der Waals surface area contributed by atoms with Crippen molar-refractivity contribution in [3.8, 4) is 0 Å². The Morgan fingerprint density at radius 2 is 1.52 bits per heavy atom. The van der Waals surface area contributed by atoms with Crippen molar-refractivity contribution in [3.63, 3.8) is 0 Å². The summed E-state index contributed by atoms with van der Waals surface area (Å²) < 4.78 is 26.0. The number of carbonyl (C=O) groups excluding carboxylic acids is 2. The fourth-order valence-electron chi connectivity index (χ4n) is 2.82. The smallest absolute Gasteiger partial charge is 0.399 e. The van der Waals surface area contributed by atoms with Crippen LogP contribution in [0.2, 0.25) is 0 Å². The highest BCUT2D eigenvalue weighted by molar-refractivity contribution is 6.62. The zero-order valence-electron chi connectivity index (χ0n) is 17.1. The van der Waals surface area contributed by atoms with Gasteiger partial charge in [0.1, 0.15) is 5.82 Å². The molecule has 0 spiro atoms. The Morgan fingerprint density at radius 1 is 0.931 bits per heavy atom. The summed E-state index contributed by atoms with van der Waals surface area (Å²) in [6, 6.07) is 10.4. The maximum atomic E-state index is 14.0. The van der Waals surface area contributed by atoms with E-state index in [4.69, 9.17) is 9.31 Å². The Hall–Kier alpha value is -2.71. The van der Waals surface area contributed by atoms with Crippen LogP contribution in [0.4, 0.5) is 20.6 Å². The molecule has 2 amide bonds. The molecule has 6 nitrogen and oxygen atoms in total. The predicted octanol–water partition coefficient (Wildman–Crippen LogP) is 3.97. The van der Waals surface area contributed by atoms with E-state index in [1.807, 2.05) is 27.7 Å². The molecular formula is C21H24BFN2O4. The van der Waals surface area contributed by atoms with Crippen molar-refractivity contribution in [2.75, 3.05) is 10.6 Å². The van der Waals surface area contributed by atoms with E-state index in [2.05, 4.69) is 10.6 Å². The van der Waals surface area contributed by atoms with Gasteiger partial charge in [0.2, 0.25) is 0 Å². The number of carbonyl (C=O) groups is 2. The normalized spacial score (nSPS) is 17.1. The quantitative estimate of drug-likeness (QED) is 0.604. The molecule has 0 saturated carbocycles. The number of halogens is 1. The highest BCUT2D eigenvalue weighted by Gasteiger charge is 2.51. The van der Waals surface area contributed by atoms with Crippen LogP contribution in [0.25, 0.3) is 0 Å². The molecular weight excluding hydrogens is 374 g/mol. The second-order valence-electron chi connectivity index (χ2n) is 8.04. The number of hydrogen-bond acceptors (Lipinski definition) is 4. The van der Waals surface area contributed by atoms with Gasteiger partial charge in [-0.3, -0.25) is 4.79 Å². The Balaban J connectivity index is 1.63. The fraction of sp³-hybridized carbons (Fsp3) is 0.333. The number of benzene rings is 2. The van der Waals surface area contributed by atoms with Crippen LogP contribution in [0, 0.1) is 5.82 Å². The minimum Gasteiger partial charge on any atom is -0.399 e. The lowest BCUT2D eigenvalue weighted by Crippen LogP contribution is -2.41. The summed E-state index contributed by atoms with van der Waals surface area (Å²) in [7, 11) is -0.489. The van der Waals surface area contributed by atoms with Crippen molar-refractivity contribution in [3.05, 3.63) is 53.8 Å². The summed E-state index contributed by atoms with van der Waals surface area (Å²) in [5, 5.41) is 5.07. The van der Waals surface area contributed by atoms with Crippen LogP contribution in [0.1, 0.15) is 45.0 Å². The van der Waals surface area contributed by atoms with E-state index in [9.17, 15) is 14.0 Å². The van der Waals surface area contributed by atoms with Crippen LogP contribution in [-0.2, 0) is 9.31 Å². The van der Waals surface area contributed by atoms with Crippen LogP contribution < -0.4 is 16.1 Å². The molecule has 0 atom stereocenters. The topological polar surface area (TPSA) is 76.7 Å². The summed E-state index contributed by atoms with van der Waals surface area (Å²) in [6.07, 6.45) is 0. The molecule has 0 aliphatic carbocycles. The molecule has 3 rings (SSSR count). The first-order valence-corrected chi connectivity index (χ1v) is 9.32. The molecule has 0 bridgehead atoms. The molecule has 8 heteroatoms. The molecule has 29 heavy (non-hydrogen) atoms. The number of nitrogens with one attached hydrogen (secondary N) is 2. The third-order valence-electron chi connectivity index (χ3n) is 5.32. The SMILES string of the molecule is CC(=O)c1ccc(NC(=O)Nc2ccc(B3OC(C)(C)C(C)(C)O3)cc2)c(F)c1. The lowest BCUT2D eigenvalue weighted by atomic mass is 9.79. The number of Topliss-reactive ketones (excluding diaryl/α,β-unsaturated/α-hetero) is 1. The van der Waals surface area contributed by atoms with E-state index in [0.29, 0.717) is 5.69 Å². The zero-order valence-corrected chi connectivity index (χ0v) is 17.1. The molecule has 0 aromatic heterocycles. The van der Waals surface area contributed by atoms with Gasteiger partial charge in [0, 0.05) is 11.3 Å². The zero-order chi connectivity index (χ0) is 21.4. The summed E-state index contributed by atoms with van der Waals surface area (Å²) in [6.45, 7) is 9.28. The van der Waals surface area contributed by atoms with Crippen molar-refractivity contribution in [1.29, 1.82) is 0 Å². The minimum absolute atomic E-state index is 0.0126. The number of anilines is 2. The van der Waals surface area contributed by atoms with Crippen molar-refractivity contribution >= 4 is 35.8 Å². The summed E-state index contributed by atoms with van der Waals surface area (Å²) in [5.41, 5.74) is 0.726. The van der Waals surface area contributed by atoms with E-state index < -0.39 is 30.2 Å². The van der Waals surface area contributed by atoms with Gasteiger partial charge in [-0.25, -0.2) is 9.18 Å². The van der Waals surface area contributed by atoms with E-state index in [0.717, 1.165) is 11.5 Å². The van der Waals surface area contributed by atoms with Gasteiger partial charge < -0.3 is 19.9 Å². The van der Waals surface area contributed by atoms with Crippen molar-refractivity contribution < 1.29 is 23.3 Å². The average Bonchev–Trinajstić information content (AvgIpc) is 2.84. The van der Waals surface area contributed by atoms with Crippen LogP contribution in [-0.4, -0.2) is 30.1 Å². The third-order valence-corrected chi connectivity index (χ3v) is 5.32. The van der Waals surface area contributed by atoms with Gasteiger partial charge in [0.15, 0.2) is 5.78 Å². The molecule has 1 aliphatic heterocycles. The highest BCUT2D eigenvalue weighted by Crippen LogP contribution is 2.36. The van der Waals surface area contributed by atoms with Gasteiger partial charge in [0.25, 0.3) is 0 Å². The van der Waals surface area contributed by atoms with Gasteiger partial charge in [-0.15, -0.1) is 0 Å². The number of amides is 2. The van der Waals surface area contributed by atoms with E-state index in [-0.39, 0.29) is 17.0 Å². The Kier molecular flexibility index (Phi) is 5.51. The minimum atomic E-state index is -0.677. The monoisotopic (exact) mass is 398 g/mol. The van der Waals surface area contributed by atoms with Crippen LogP contribution in [0.15, 0.2) is 42.5 Å². The first kappa shape index (κ1) is 21.0. The number of hydrogen-bond donors (Lipinski definition) is 2. The first-order valence-electron chi connectivity index (χ1n) is 9.32. The molecule has 0 unspecified atom stereocenters. The largest absolute Gasteiger partial charge is 0.494 e. The number of ketones is 1. The average molecular weight is 398 g/mol. The third kappa shape index (κ3) is 4.49. The lowest BCUT2D eigenvalue weighted by molar-refractivity contribution is 0.00578.